The maximum atomic E-state index is 12.0. The number of methoxy groups -OCH3 is 1. The summed E-state index contributed by atoms with van der Waals surface area (Å²) in [7, 11) is -2.53. The Labute approximate surface area is 255 Å². The average Bonchev–Trinajstić information content (AvgIpc) is 3.58. The lowest BCUT2D eigenvalue weighted by molar-refractivity contribution is -0.145. The smallest absolute Gasteiger partial charge is 0.344 e. The van der Waals surface area contributed by atoms with Crippen molar-refractivity contribution >= 4 is 33.0 Å². The van der Waals surface area contributed by atoms with Gasteiger partial charge in [0.25, 0.3) is 0 Å². The van der Waals surface area contributed by atoms with E-state index >= 15 is 0 Å². The Kier molecular flexibility index (Phi) is 8.24. The van der Waals surface area contributed by atoms with Crippen molar-refractivity contribution in [3.8, 4) is 11.5 Å². The van der Waals surface area contributed by atoms with Gasteiger partial charge in [-0.2, -0.15) is 8.42 Å². The van der Waals surface area contributed by atoms with Crippen LogP contribution >= 0.6 is 0 Å². The van der Waals surface area contributed by atoms with Crippen LogP contribution in [0.1, 0.15) is 68.6 Å². The molecule has 1 heterocycles. The number of nitrogens with two attached hydrogens (primary N) is 1. The second-order valence-corrected chi connectivity index (χ2v) is 13.0. The fourth-order valence-electron chi connectivity index (χ4n) is 7.50. The van der Waals surface area contributed by atoms with Gasteiger partial charge in [-0.05, 0) is 108 Å². The predicted molar refractivity (Wildman–Crippen MR) is 157 cm³/mol. The molecule has 3 aliphatic carbocycles. The number of hydrogen-bond acceptors (Lipinski definition) is 12. The Balaban J connectivity index is 1.33. The first-order valence-electron chi connectivity index (χ1n) is 14.7. The molecule has 14 heteroatoms. The van der Waals surface area contributed by atoms with Gasteiger partial charge in [0, 0.05) is 5.56 Å². The van der Waals surface area contributed by atoms with Gasteiger partial charge in [-0.25, -0.2) is 14.6 Å². The summed E-state index contributed by atoms with van der Waals surface area (Å²) in [4.78, 5) is 18.0. The molecule has 1 aromatic heterocycles. The molecule has 13 nitrogen and oxygen atoms in total. The zero-order chi connectivity index (χ0) is 31.1. The van der Waals surface area contributed by atoms with Gasteiger partial charge in [0.05, 0.1) is 25.5 Å². The third kappa shape index (κ3) is 5.85. The molecule has 3 aromatic rings. The summed E-state index contributed by atoms with van der Waals surface area (Å²) < 4.78 is 50.5. The van der Waals surface area contributed by atoms with Gasteiger partial charge in [-0.3, -0.25) is 4.18 Å². The molecule has 2 fully saturated rings. The molecule has 5 unspecified atom stereocenters. The lowest BCUT2D eigenvalue weighted by atomic mass is 9.55. The van der Waals surface area contributed by atoms with Crippen molar-refractivity contribution in [2.24, 2.45) is 27.5 Å². The number of benzene rings is 2. The normalized spacial score (nSPS) is 27.0. The molecule has 0 saturated heterocycles. The van der Waals surface area contributed by atoms with E-state index in [4.69, 9.17) is 33.0 Å². The highest BCUT2D eigenvalue weighted by molar-refractivity contribution is 7.84. The number of hydrogen-bond donors (Lipinski definition) is 1. The minimum absolute atomic E-state index is 0.159. The number of oxime groups is 1. The second kappa shape index (κ2) is 12.0. The summed E-state index contributed by atoms with van der Waals surface area (Å²) in [5, 5.41) is 17.7. The molecule has 0 aliphatic heterocycles. The molecule has 0 radical (unpaired) electrons. The highest BCUT2D eigenvalue weighted by Crippen LogP contribution is 2.62. The van der Waals surface area contributed by atoms with Gasteiger partial charge in [0.15, 0.2) is 18.1 Å². The molecule has 0 bridgehead atoms. The molecule has 3 aliphatic rings. The lowest BCUT2D eigenvalue weighted by Crippen LogP contribution is -2.46. The number of rotatable bonds is 10. The van der Waals surface area contributed by atoms with Crippen molar-refractivity contribution in [3.05, 3.63) is 47.0 Å². The maximum absolute atomic E-state index is 12.0. The quantitative estimate of drug-likeness (QED) is 0.254. The molecule has 6 rings (SSSR count). The summed E-state index contributed by atoms with van der Waals surface area (Å²) in [6.07, 6.45) is 3.15. The SMILES string of the molecule is CCOC(=O)COc1cc2c(cc1OC)C1CCC3(C)C(OS(N)(=O)=O)CCC3C1C/C2=N\OCc1ccc2nonc2c1. The van der Waals surface area contributed by atoms with Crippen LogP contribution in [0.2, 0.25) is 0 Å². The van der Waals surface area contributed by atoms with Crippen LogP contribution in [0.25, 0.3) is 11.0 Å². The van der Waals surface area contributed by atoms with E-state index in [1.165, 1.54) is 0 Å². The molecular weight excluding hydrogens is 592 g/mol. The summed E-state index contributed by atoms with van der Waals surface area (Å²) in [6.45, 7) is 4.04. The molecule has 0 amide bonds. The van der Waals surface area contributed by atoms with Crippen molar-refractivity contribution in [2.75, 3.05) is 20.3 Å². The molecule has 2 aromatic carbocycles. The summed E-state index contributed by atoms with van der Waals surface area (Å²) in [6, 6.07) is 9.33. The number of aromatic nitrogens is 2. The zero-order valence-corrected chi connectivity index (χ0v) is 25.7. The van der Waals surface area contributed by atoms with Gasteiger partial charge in [0.2, 0.25) is 0 Å². The topological polar surface area (TPSA) is 175 Å². The average molecular weight is 629 g/mol. The predicted octanol–water partition coefficient (Wildman–Crippen LogP) is 4.00. The molecule has 0 spiro atoms. The molecule has 44 heavy (non-hydrogen) atoms. The Morgan fingerprint density at radius 2 is 1.95 bits per heavy atom. The van der Waals surface area contributed by atoms with Gasteiger partial charge in [0.1, 0.15) is 17.6 Å². The molecule has 5 atom stereocenters. The van der Waals surface area contributed by atoms with Crippen molar-refractivity contribution < 1.29 is 41.1 Å². The first-order valence-corrected chi connectivity index (χ1v) is 16.2. The lowest BCUT2D eigenvalue weighted by Gasteiger charge is -2.50. The standard InChI is InChI=1S/C30H36N4O9S/c1-4-39-29(35)16-40-27-14-21-19(13-26(27)38-3)18-9-10-30(2)22(6-8-28(30)42-44(31,36)37)20(18)12-24(21)32-41-15-17-5-7-23-25(11-17)34-43-33-23/h5,7,11,13-14,18,20,22,28H,4,6,8-10,12,15-16H2,1-3H3,(H2,31,36,37)/b32-24+. The maximum Gasteiger partial charge on any atom is 0.344 e. The fraction of sp³-hybridized carbons (Fsp3) is 0.533. The largest absolute Gasteiger partial charge is 0.493 e. The zero-order valence-electron chi connectivity index (χ0n) is 24.9. The number of nitrogens with zero attached hydrogens (tertiary/aromatic N) is 3. The van der Waals surface area contributed by atoms with Gasteiger partial charge in [-0.15, -0.1) is 0 Å². The summed E-state index contributed by atoms with van der Waals surface area (Å²) in [5.41, 5.74) is 4.42. The van der Waals surface area contributed by atoms with Crippen LogP contribution in [0.3, 0.4) is 0 Å². The Morgan fingerprint density at radius 3 is 2.73 bits per heavy atom. The van der Waals surface area contributed by atoms with E-state index in [2.05, 4.69) is 22.4 Å². The Morgan fingerprint density at radius 1 is 1.14 bits per heavy atom. The first-order chi connectivity index (χ1) is 21.1. The van der Waals surface area contributed by atoms with Gasteiger partial charge >= 0.3 is 16.3 Å². The van der Waals surface area contributed by atoms with E-state index in [1.807, 2.05) is 24.3 Å². The monoisotopic (exact) mass is 628 g/mol. The highest BCUT2D eigenvalue weighted by Gasteiger charge is 2.57. The Bertz CT molecular complexity index is 1690. The minimum atomic E-state index is -4.08. The third-order valence-electron chi connectivity index (χ3n) is 9.45. The number of fused-ring (bicyclic) bond motifs is 6. The van der Waals surface area contributed by atoms with Gasteiger partial charge < -0.3 is 19.0 Å². The van der Waals surface area contributed by atoms with Crippen LogP contribution in [0.15, 0.2) is 40.1 Å². The minimum Gasteiger partial charge on any atom is -0.493 e. The van der Waals surface area contributed by atoms with E-state index in [-0.39, 0.29) is 43.0 Å². The van der Waals surface area contributed by atoms with E-state index < -0.39 is 22.4 Å². The van der Waals surface area contributed by atoms with Crippen LogP contribution in [-0.2, 0) is 35.5 Å². The van der Waals surface area contributed by atoms with Crippen LogP contribution in [0, 0.1) is 17.3 Å². The van der Waals surface area contributed by atoms with E-state index in [0.29, 0.717) is 35.4 Å². The van der Waals surface area contributed by atoms with Gasteiger partial charge in [-0.1, -0.05) is 18.1 Å². The van der Waals surface area contributed by atoms with Crippen molar-refractivity contribution in [3.63, 3.8) is 0 Å². The molecular formula is C30H36N4O9S. The van der Waals surface area contributed by atoms with Crippen molar-refractivity contribution in [1.29, 1.82) is 0 Å². The number of carbonyl (C=O) groups excluding carboxylic acids is 1. The third-order valence-corrected chi connectivity index (χ3v) is 9.95. The second-order valence-electron chi connectivity index (χ2n) is 11.9. The van der Waals surface area contributed by atoms with Crippen LogP contribution in [-0.4, -0.2) is 56.8 Å². The fourth-order valence-corrected chi connectivity index (χ4v) is 8.14. The summed E-state index contributed by atoms with van der Waals surface area (Å²) >= 11 is 0. The van der Waals surface area contributed by atoms with Crippen LogP contribution in [0.5, 0.6) is 11.5 Å². The van der Waals surface area contributed by atoms with E-state index in [0.717, 1.165) is 41.7 Å². The Hall–Kier alpha value is -3.75. The highest BCUT2D eigenvalue weighted by atomic mass is 32.2. The summed E-state index contributed by atoms with van der Waals surface area (Å²) in [5.74, 6) is 0.930. The first kappa shape index (κ1) is 30.3. The van der Waals surface area contributed by atoms with E-state index in [1.54, 1.807) is 20.1 Å². The van der Waals surface area contributed by atoms with E-state index in [9.17, 15) is 13.2 Å². The van der Waals surface area contributed by atoms with Crippen LogP contribution in [0.4, 0.5) is 0 Å². The molecule has 2 N–H and O–H groups in total. The number of esters is 1. The molecule has 236 valence electrons. The number of carbonyl (C=O) groups is 1. The van der Waals surface area contributed by atoms with Crippen molar-refractivity contribution in [2.45, 2.75) is 64.6 Å². The van der Waals surface area contributed by atoms with Crippen molar-refractivity contribution in [1.82, 2.24) is 10.3 Å². The molecule has 2 saturated carbocycles. The van der Waals surface area contributed by atoms with Crippen LogP contribution < -0.4 is 14.6 Å². The number of ether oxygens (including phenoxy) is 3.